The zero-order valence-corrected chi connectivity index (χ0v) is 13.4. The number of nitrogens with zero attached hydrogens (tertiary/aromatic N) is 3. The normalized spacial score (nSPS) is 10.1. The maximum atomic E-state index is 12.1. The van der Waals surface area contributed by atoms with Gasteiger partial charge < -0.3 is 10.7 Å². The van der Waals surface area contributed by atoms with E-state index in [9.17, 15) is 15.3 Å². The van der Waals surface area contributed by atoms with Gasteiger partial charge in [-0.25, -0.2) is 0 Å². The first-order valence-corrected chi connectivity index (χ1v) is 7.73. The van der Waals surface area contributed by atoms with E-state index in [4.69, 9.17) is 5.73 Å². The second-order valence-electron chi connectivity index (χ2n) is 5.09. The van der Waals surface area contributed by atoms with Crippen molar-refractivity contribution in [3.63, 3.8) is 0 Å². The maximum Gasteiger partial charge on any atom is 0.268 e. The second kappa shape index (κ2) is 5.99. The largest absolute Gasteiger partial charge is 0.384 e. The lowest BCUT2D eigenvalue weighted by Crippen LogP contribution is -2.16. The van der Waals surface area contributed by atoms with Crippen LogP contribution in [0.3, 0.4) is 0 Å². The van der Waals surface area contributed by atoms with Crippen molar-refractivity contribution < 1.29 is 0 Å². The molecule has 0 fully saturated rings. The standard InChI is InChI=1S/C17H11N5OS/c1-9-6-14(24-22-9)10-4-2-3-5-11(10)15-12(7-18)16(20)21-17(23)13(15)8-19/h2-6H,1H3,(H3,20,21,23). The van der Waals surface area contributed by atoms with Crippen molar-refractivity contribution in [1.82, 2.24) is 9.36 Å². The molecule has 0 radical (unpaired) electrons. The van der Waals surface area contributed by atoms with Gasteiger partial charge in [0, 0.05) is 11.1 Å². The van der Waals surface area contributed by atoms with E-state index in [0.29, 0.717) is 5.56 Å². The second-order valence-corrected chi connectivity index (χ2v) is 5.90. The minimum atomic E-state index is -0.612. The molecule has 0 bridgehead atoms. The van der Waals surface area contributed by atoms with Crippen LogP contribution in [0, 0.1) is 29.6 Å². The molecule has 2 heterocycles. The summed E-state index contributed by atoms with van der Waals surface area (Å²) in [5.41, 5.74) is 7.65. The third-order valence-electron chi connectivity index (χ3n) is 3.56. The predicted octanol–water partition coefficient (Wildman–Crippen LogP) is 2.80. The first-order chi connectivity index (χ1) is 11.6. The Labute approximate surface area is 141 Å². The first kappa shape index (κ1) is 15.5. The average molecular weight is 333 g/mol. The fourth-order valence-electron chi connectivity index (χ4n) is 2.52. The van der Waals surface area contributed by atoms with Gasteiger partial charge in [0.2, 0.25) is 0 Å². The number of nitrogens with two attached hydrogens (primary N) is 1. The third-order valence-corrected chi connectivity index (χ3v) is 4.47. The number of aromatic amines is 1. The Morgan fingerprint density at radius 3 is 2.42 bits per heavy atom. The van der Waals surface area contributed by atoms with Crippen LogP contribution in [0.25, 0.3) is 21.6 Å². The van der Waals surface area contributed by atoms with E-state index in [1.807, 2.05) is 37.3 Å². The molecule has 3 aromatic rings. The van der Waals surface area contributed by atoms with Crippen molar-refractivity contribution in [2.24, 2.45) is 0 Å². The smallest absolute Gasteiger partial charge is 0.268 e. The van der Waals surface area contributed by atoms with Crippen molar-refractivity contribution in [1.29, 1.82) is 10.5 Å². The zero-order valence-electron chi connectivity index (χ0n) is 12.6. The highest BCUT2D eigenvalue weighted by molar-refractivity contribution is 7.09. The lowest BCUT2D eigenvalue weighted by molar-refractivity contribution is 1.21. The summed E-state index contributed by atoms with van der Waals surface area (Å²) in [5, 5.41) is 18.9. The number of H-pyrrole nitrogens is 1. The van der Waals surface area contributed by atoms with Crippen LogP contribution < -0.4 is 11.3 Å². The molecule has 3 rings (SSSR count). The number of aryl methyl sites for hydroxylation is 1. The van der Waals surface area contributed by atoms with Crippen molar-refractivity contribution in [3.8, 4) is 33.7 Å². The van der Waals surface area contributed by atoms with Crippen LogP contribution in [0.4, 0.5) is 5.82 Å². The number of nitrogen functional groups attached to an aromatic ring is 1. The Morgan fingerprint density at radius 2 is 1.83 bits per heavy atom. The lowest BCUT2D eigenvalue weighted by atomic mass is 9.92. The number of benzene rings is 1. The van der Waals surface area contributed by atoms with Crippen LogP contribution in [0.5, 0.6) is 0 Å². The molecule has 3 N–H and O–H groups in total. The molecule has 7 heteroatoms. The molecule has 0 aliphatic heterocycles. The number of anilines is 1. The van der Waals surface area contributed by atoms with Crippen molar-refractivity contribution in [3.05, 3.63) is 57.5 Å². The summed E-state index contributed by atoms with van der Waals surface area (Å²) < 4.78 is 4.27. The Bertz CT molecular complexity index is 1080. The van der Waals surface area contributed by atoms with Gasteiger partial charge in [-0.15, -0.1) is 0 Å². The van der Waals surface area contributed by atoms with Crippen molar-refractivity contribution >= 4 is 17.4 Å². The molecule has 0 unspecified atom stereocenters. The highest BCUT2D eigenvalue weighted by Gasteiger charge is 2.21. The molecular weight excluding hydrogens is 322 g/mol. The molecule has 0 aliphatic carbocycles. The van der Waals surface area contributed by atoms with Gasteiger partial charge in [0.1, 0.15) is 29.1 Å². The molecule has 0 saturated carbocycles. The van der Waals surface area contributed by atoms with E-state index in [0.717, 1.165) is 16.1 Å². The molecule has 0 aliphatic rings. The molecule has 0 spiro atoms. The molecule has 0 atom stereocenters. The van der Waals surface area contributed by atoms with E-state index in [1.165, 1.54) is 11.5 Å². The summed E-state index contributed by atoms with van der Waals surface area (Å²) in [7, 11) is 0. The number of aromatic nitrogens is 2. The number of hydrogen-bond acceptors (Lipinski definition) is 6. The summed E-state index contributed by atoms with van der Waals surface area (Å²) in [4.78, 5) is 15.3. The Morgan fingerprint density at radius 1 is 1.17 bits per heavy atom. The summed E-state index contributed by atoms with van der Waals surface area (Å²) in [6.07, 6.45) is 0. The van der Waals surface area contributed by atoms with Crippen LogP contribution in [0.15, 0.2) is 35.1 Å². The average Bonchev–Trinajstić information content (AvgIpc) is 3.00. The molecule has 24 heavy (non-hydrogen) atoms. The van der Waals surface area contributed by atoms with Gasteiger partial charge >= 0.3 is 0 Å². The number of rotatable bonds is 2. The van der Waals surface area contributed by atoms with E-state index in [2.05, 4.69) is 9.36 Å². The zero-order chi connectivity index (χ0) is 17.3. The van der Waals surface area contributed by atoms with Gasteiger partial charge in [0.15, 0.2) is 0 Å². The van der Waals surface area contributed by atoms with Crippen molar-refractivity contribution in [2.45, 2.75) is 6.92 Å². The lowest BCUT2D eigenvalue weighted by Gasteiger charge is -2.12. The van der Waals surface area contributed by atoms with Gasteiger partial charge in [0.25, 0.3) is 5.56 Å². The van der Waals surface area contributed by atoms with E-state index >= 15 is 0 Å². The summed E-state index contributed by atoms with van der Waals surface area (Å²) >= 11 is 1.31. The highest BCUT2D eigenvalue weighted by Crippen LogP contribution is 2.37. The van der Waals surface area contributed by atoms with E-state index in [-0.39, 0.29) is 22.5 Å². The maximum absolute atomic E-state index is 12.1. The Kier molecular flexibility index (Phi) is 3.87. The number of hydrogen-bond donors (Lipinski definition) is 2. The van der Waals surface area contributed by atoms with Gasteiger partial charge in [-0.3, -0.25) is 4.79 Å². The van der Waals surface area contributed by atoms with Crippen LogP contribution in [-0.2, 0) is 0 Å². The predicted molar refractivity (Wildman–Crippen MR) is 92.2 cm³/mol. The van der Waals surface area contributed by atoms with E-state index < -0.39 is 5.56 Å². The quantitative estimate of drug-likeness (QED) is 0.747. The highest BCUT2D eigenvalue weighted by atomic mass is 32.1. The van der Waals surface area contributed by atoms with Gasteiger partial charge in [-0.05, 0) is 30.1 Å². The van der Waals surface area contributed by atoms with E-state index in [1.54, 1.807) is 12.1 Å². The molecule has 1 aromatic carbocycles. The third kappa shape index (κ3) is 2.43. The summed E-state index contributed by atoms with van der Waals surface area (Å²) in [5.74, 6) is -0.0493. The number of nitrogens with one attached hydrogen (secondary N) is 1. The Hall–Kier alpha value is -3.42. The topological polar surface area (TPSA) is 119 Å². The summed E-state index contributed by atoms with van der Waals surface area (Å²) in [6.45, 7) is 1.88. The summed E-state index contributed by atoms with van der Waals surface area (Å²) in [6, 6.07) is 13.1. The molecule has 0 saturated heterocycles. The van der Waals surface area contributed by atoms with Gasteiger partial charge in [-0.2, -0.15) is 14.9 Å². The minimum absolute atomic E-state index is 0.0493. The first-order valence-electron chi connectivity index (χ1n) is 6.96. The monoisotopic (exact) mass is 333 g/mol. The van der Waals surface area contributed by atoms with Crippen LogP contribution in [0.2, 0.25) is 0 Å². The fraction of sp³-hybridized carbons (Fsp3) is 0.0588. The molecular formula is C17H11N5OS. The molecule has 2 aromatic heterocycles. The van der Waals surface area contributed by atoms with Crippen LogP contribution in [0.1, 0.15) is 16.8 Å². The molecule has 0 amide bonds. The minimum Gasteiger partial charge on any atom is -0.384 e. The van der Waals surface area contributed by atoms with Gasteiger partial charge in [0.05, 0.1) is 10.6 Å². The SMILES string of the molecule is Cc1cc(-c2ccccc2-c2c(C#N)c(N)[nH]c(=O)c2C#N)sn1. The molecule has 6 nitrogen and oxygen atoms in total. The van der Waals surface area contributed by atoms with Crippen molar-refractivity contribution in [2.75, 3.05) is 5.73 Å². The van der Waals surface area contributed by atoms with Crippen LogP contribution >= 0.6 is 11.5 Å². The number of pyridine rings is 1. The number of nitriles is 2. The Balaban J connectivity index is 2.43. The van der Waals surface area contributed by atoms with Gasteiger partial charge in [-0.1, -0.05) is 24.3 Å². The fourth-order valence-corrected chi connectivity index (χ4v) is 3.31. The van der Waals surface area contributed by atoms with Crippen LogP contribution in [-0.4, -0.2) is 9.36 Å². The molecule has 116 valence electrons.